The van der Waals surface area contributed by atoms with Gasteiger partial charge in [-0.05, 0) is 36.2 Å². The molecular weight excluding hydrogens is 444 g/mol. The van der Waals surface area contributed by atoms with Crippen molar-refractivity contribution >= 4 is 33.4 Å². The molecule has 2 aromatic carbocycles. The van der Waals surface area contributed by atoms with Crippen molar-refractivity contribution in [3.63, 3.8) is 0 Å². The zero-order chi connectivity index (χ0) is 23.8. The molecule has 1 aliphatic rings. The third-order valence-corrected chi connectivity index (χ3v) is 6.99. The lowest BCUT2D eigenvalue weighted by Crippen LogP contribution is -2.51. The Hall–Kier alpha value is -3.11. The summed E-state index contributed by atoms with van der Waals surface area (Å²) in [4.78, 5) is 26.3. The van der Waals surface area contributed by atoms with Crippen LogP contribution in [0, 0.1) is 5.92 Å². The lowest BCUT2D eigenvalue weighted by molar-refractivity contribution is -0.130. The lowest BCUT2D eigenvalue weighted by Gasteiger charge is -2.34. The van der Waals surface area contributed by atoms with E-state index in [1.165, 1.54) is 4.31 Å². The normalized spacial score (nSPS) is 14.7. The third-order valence-electron chi connectivity index (χ3n) is 5.07. The Labute approximate surface area is 194 Å². The van der Waals surface area contributed by atoms with Crippen molar-refractivity contribution in [3.05, 3.63) is 54.6 Å². The highest BCUT2D eigenvalue weighted by molar-refractivity contribution is 7.89. The average Bonchev–Trinajstić information content (AvgIpc) is 2.82. The molecule has 2 amide bonds. The van der Waals surface area contributed by atoms with Gasteiger partial charge in [0.05, 0.1) is 18.0 Å². The van der Waals surface area contributed by atoms with Gasteiger partial charge in [-0.25, -0.2) is 13.2 Å². The van der Waals surface area contributed by atoms with E-state index in [1.54, 1.807) is 59.5 Å². The number of sulfonamides is 1. The molecule has 2 aromatic rings. The first-order valence-corrected chi connectivity index (χ1v) is 12.3. The lowest BCUT2D eigenvalue weighted by atomic mass is 10.2. The Morgan fingerprint density at radius 3 is 2.30 bits per heavy atom. The van der Waals surface area contributed by atoms with Crippen LogP contribution in [0.25, 0.3) is 0 Å². The molecule has 0 atom stereocenters. The van der Waals surface area contributed by atoms with Crippen LogP contribution in [-0.2, 0) is 19.6 Å². The van der Waals surface area contributed by atoms with Gasteiger partial charge in [0.2, 0.25) is 15.9 Å². The fourth-order valence-corrected chi connectivity index (χ4v) is 4.76. The molecule has 0 saturated carbocycles. The van der Waals surface area contributed by atoms with Crippen LogP contribution in [0.5, 0.6) is 0 Å². The molecule has 9 nitrogen and oxygen atoms in total. The van der Waals surface area contributed by atoms with Crippen molar-refractivity contribution in [2.24, 2.45) is 5.92 Å². The van der Waals surface area contributed by atoms with Crippen LogP contribution in [0.15, 0.2) is 59.5 Å². The maximum Gasteiger partial charge on any atom is 0.411 e. The minimum Gasteiger partial charge on any atom is -0.449 e. The highest BCUT2D eigenvalue weighted by Crippen LogP contribution is 2.18. The Morgan fingerprint density at radius 1 is 0.970 bits per heavy atom. The first-order valence-electron chi connectivity index (χ1n) is 10.9. The summed E-state index contributed by atoms with van der Waals surface area (Å²) in [5.74, 6) is 0.122. The van der Waals surface area contributed by atoms with E-state index in [1.807, 2.05) is 13.8 Å². The number of carbonyl (C=O) groups excluding carboxylic acids is 2. The number of rotatable bonds is 8. The predicted molar refractivity (Wildman–Crippen MR) is 127 cm³/mol. The zero-order valence-electron chi connectivity index (χ0n) is 18.9. The number of hydrogen-bond acceptors (Lipinski definition) is 6. The molecule has 1 fully saturated rings. The van der Waals surface area contributed by atoms with E-state index >= 15 is 0 Å². The SMILES string of the molecule is CC(C)COC(=O)Nc1cccc(NCC(=O)N2CCN(S(=O)(=O)c3ccccc3)CC2)c1. The van der Waals surface area contributed by atoms with Gasteiger partial charge in [-0.3, -0.25) is 10.1 Å². The van der Waals surface area contributed by atoms with Gasteiger partial charge in [0.1, 0.15) is 0 Å². The van der Waals surface area contributed by atoms with Gasteiger partial charge in [-0.1, -0.05) is 38.1 Å². The van der Waals surface area contributed by atoms with Crippen LogP contribution >= 0.6 is 0 Å². The fraction of sp³-hybridized carbons (Fsp3) is 0.391. The molecule has 1 heterocycles. The number of carbonyl (C=O) groups is 2. The molecule has 2 N–H and O–H groups in total. The molecule has 1 saturated heterocycles. The Balaban J connectivity index is 1.48. The summed E-state index contributed by atoms with van der Waals surface area (Å²) in [7, 11) is -3.56. The third kappa shape index (κ3) is 6.93. The smallest absolute Gasteiger partial charge is 0.411 e. The molecule has 0 bridgehead atoms. The number of nitrogens with zero attached hydrogens (tertiary/aromatic N) is 2. The van der Waals surface area contributed by atoms with Gasteiger partial charge in [0.15, 0.2) is 0 Å². The van der Waals surface area contributed by atoms with E-state index in [-0.39, 0.29) is 36.4 Å². The van der Waals surface area contributed by atoms with Crippen molar-refractivity contribution in [3.8, 4) is 0 Å². The zero-order valence-corrected chi connectivity index (χ0v) is 19.7. The Kier molecular flexibility index (Phi) is 8.29. The van der Waals surface area contributed by atoms with Crippen molar-refractivity contribution in [1.82, 2.24) is 9.21 Å². The first kappa shape index (κ1) is 24.5. The van der Waals surface area contributed by atoms with Gasteiger partial charge in [0, 0.05) is 37.6 Å². The van der Waals surface area contributed by atoms with Crippen LogP contribution in [0.3, 0.4) is 0 Å². The van der Waals surface area contributed by atoms with Gasteiger partial charge >= 0.3 is 6.09 Å². The van der Waals surface area contributed by atoms with Crippen LogP contribution in [0.4, 0.5) is 16.2 Å². The van der Waals surface area contributed by atoms with Crippen LogP contribution in [0.2, 0.25) is 0 Å². The summed E-state index contributed by atoms with van der Waals surface area (Å²) >= 11 is 0. The monoisotopic (exact) mass is 474 g/mol. The summed E-state index contributed by atoms with van der Waals surface area (Å²) in [6.07, 6.45) is -0.528. The highest BCUT2D eigenvalue weighted by atomic mass is 32.2. The topological polar surface area (TPSA) is 108 Å². The number of nitrogens with one attached hydrogen (secondary N) is 2. The minimum absolute atomic E-state index is 0.0622. The Bertz CT molecular complexity index is 1050. The molecule has 0 spiro atoms. The molecular formula is C23H30N4O5S. The van der Waals surface area contributed by atoms with Crippen molar-refractivity contribution in [2.45, 2.75) is 18.7 Å². The highest BCUT2D eigenvalue weighted by Gasteiger charge is 2.29. The first-order chi connectivity index (χ1) is 15.8. The maximum atomic E-state index is 12.7. The van der Waals surface area contributed by atoms with Gasteiger partial charge < -0.3 is 15.0 Å². The molecule has 0 unspecified atom stereocenters. The molecule has 0 radical (unpaired) electrons. The minimum atomic E-state index is -3.56. The molecule has 33 heavy (non-hydrogen) atoms. The van der Waals surface area contributed by atoms with Gasteiger partial charge in [-0.2, -0.15) is 4.31 Å². The Morgan fingerprint density at radius 2 is 1.64 bits per heavy atom. The van der Waals surface area contributed by atoms with E-state index in [9.17, 15) is 18.0 Å². The second-order valence-electron chi connectivity index (χ2n) is 8.15. The number of ether oxygens (including phenoxy) is 1. The van der Waals surface area contributed by atoms with Crippen molar-refractivity contribution in [2.75, 3.05) is 50.0 Å². The number of benzene rings is 2. The summed E-state index contributed by atoms with van der Waals surface area (Å²) < 4.78 is 32.0. The summed E-state index contributed by atoms with van der Waals surface area (Å²) in [6.45, 7) is 5.46. The van der Waals surface area contributed by atoms with Crippen molar-refractivity contribution in [1.29, 1.82) is 0 Å². The van der Waals surface area contributed by atoms with Crippen molar-refractivity contribution < 1.29 is 22.7 Å². The quantitative estimate of drug-likeness (QED) is 0.609. The molecule has 178 valence electrons. The molecule has 1 aliphatic heterocycles. The van der Waals surface area contributed by atoms with Crippen LogP contribution in [-0.4, -0.2) is 69.0 Å². The van der Waals surface area contributed by atoms with Crippen LogP contribution < -0.4 is 10.6 Å². The second-order valence-corrected chi connectivity index (χ2v) is 10.1. The predicted octanol–water partition coefficient (Wildman–Crippen LogP) is 2.84. The number of hydrogen-bond donors (Lipinski definition) is 2. The van der Waals surface area contributed by atoms with Gasteiger partial charge in [-0.15, -0.1) is 0 Å². The van der Waals surface area contributed by atoms with Crippen LogP contribution in [0.1, 0.15) is 13.8 Å². The summed E-state index contributed by atoms with van der Waals surface area (Å²) in [5, 5.41) is 5.72. The van der Waals surface area contributed by atoms with E-state index in [2.05, 4.69) is 10.6 Å². The largest absolute Gasteiger partial charge is 0.449 e. The average molecular weight is 475 g/mol. The molecule has 3 rings (SSSR count). The molecule has 0 aromatic heterocycles. The standard InChI is InChI=1S/C23H30N4O5S/c1-18(2)17-32-23(29)25-20-8-6-7-19(15-20)24-16-22(28)26-11-13-27(14-12-26)33(30,31)21-9-4-3-5-10-21/h3-10,15,18,24H,11-14,16-17H2,1-2H3,(H,25,29). The van der Waals surface area contributed by atoms with E-state index in [0.717, 1.165) is 0 Å². The summed E-state index contributed by atoms with van der Waals surface area (Å²) in [6, 6.07) is 15.3. The summed E-state index contributed by atoms with van der Waals surface area (Å²) in [5.41, 5.74) is 1.23. The fourth-order valence-electron chi connectivity index (χ4n) is 3.31. The van der Waals surface area contributed by atoms with E-state index in [4.69, 9.17) is 4.74 Å². The molecule has 0 aliphatic carbocycles. The number of piperazine rings is 1. The van der Waals surface area contributed by atoms with E-state index in [0.29, 0.717) is 31.1 Å². The number of amides is 2. The number of anilines is 2. The second kappa shape index (κ2) is 11.2. The maximum absolute atomic E-state index is 12.7. The van der Waals surface area contributed by atoms with E-state index < -0.39 is 16.1 Å². The van der Waals surface area contributed by atoms with Gasteiger partial charge in [0.25, 0.3) is 0 Å². The molecule has 10 heteroatoms.